The van der Waals surface area contributed by atoms with Crippen LogP contribution in [0, 0.1) is 10.1 Å². The van der Waals surface area contributed by atoms with Crippen molar-refractivity contribution in [3.63, 3.8) is 0 Å². The summed E-state index contributed by atoms with van der Waals surface area (Å²) in [7, 11) is 0. The SMILES string of the molecule is CC1CCC(=O)N1[C@@H]1c2cc([N+](=O)[O-])ccc2C(C)(C)[C@H]1O. The number of hydrogen-bond donors (Lipinski definition) is 1. The second-order valence-electron chi connectivity index (χ2n) is 6.83. The molecule has 1 aromatic carbocycles. The van der Waals surface area contributed by atoms with Gasteiger partial charge in [-0.1, -0.05) is 19.9 Å². The molecule has 0 radical (unpaired) electrons. The monoisotopic (exact) mass is 304 g/mol. The van der Waals surface area contributed by atoms with Gasteiger partial charge in [-0.25, -0.2) is 0 Å². The number of likely N-dealkylation sites (tertiary alicyclic amines) is 1. The van der Waals surface area contributed by atoms with Crippen LogP contribution in [-0.2, 0) is 10.2 Å². The van der Waals surface area contributed by atoms with Crippen LogP contribution < -0.4 is 0 Å². The van der Waals surface area contributed by atoms with E-state index in [-0.39, 0.29) is 17.6 Å². The molecule has 1 aliphatic heterocycles. The van der Waals surface area contributed by atoms with Crippen LogP contribution in [0.25, 0.3) is 0 Å². The van der Waals surface area contributed by atoms with E-state index in [4.69, 9.17) is 0 Å². The Morgan fingerprint density at radius 3 is 2.64 bits per heavy atom. The van der Waals surface area contributed by atoms with Crippen molar-refractivity contribution in [3.8, 4) is 0 Å². The number of nitro groups is 1. The summed E-state index contributed by atoms with van der Waals surface area (Å²) in [6, 6.07) is 4.21. The summed E-state index contributed by atoms with van der Waals surface area (Å²) in [5.41, 5.74) is 1.03. The van der Waals surface area contributed by atoms with Crippen LogP contribution in [0.2, 0.25) is 0 Å². The zero-order valence-electron chi connectivity index (χ0n) is 12.9. The van der Waals surface area contributed by atoms with Gasteiger partial charge in [0, 0.05) is 30.0 Å². The number of nitro benzene ring substituents is 1. The van der Waals surface area contributed by atoms with Crippen LogP contribution in [0.4, 0.5) is 5.69 Å². The molecular formula is C16H20N2O4. The molecule has 6 heteroatoms. The fraction of sp³-hybridized carbons (Fsp3) is 0.562. The maximum Gasteiger partial charge on any atom is 0.269 e. The summed E-state index contributed by atoms with van der Waals surface area (Å²) in [5.74, 6) is 0.00621. The summed E-state index contributed by atoms with van der Waals surface area (Å²) in [4.78, 5) is 24.6. The van der Waals surface area contributed by atoms with E-state index in [0.717, 1.165) is 12.0 Å². The summed E-state index contributed by atoms with van der Waals surface area (Å²) < 4.78 is 0. The fourth-order valence-corrected chi connectivity index (χ4v) is 3.80. The van der Waals surface area contributed by atoms with Gasteiger partial charge in [0.05, 0.1) is 17.1 Å². The predicted molar refractivity (Wildman–Crippen MR) is 80.4 cm³/mol. The minimum absolute atomic E-state index is 0.00621. The van der Waals surface area contributed by atoms with Gasteiger partial charge >= 0.3 is 0 Å². The van der Waals surface area contributed by atoms with Gasteiger partial charge in [-0.3, -0.25) is 14.9 Å². The van der Waals surface area contributed by atoms with Crippen molar-refractivity contribution in [1.29, 1.82) is 0 Å². The highest BCUT2D eigenvalue weighted by atomic mass is 16.6. The smallest absolute Gasteiger partial charge is 0.269 e. The van der Waals surface area contributed by atoms with Gasteiger partial charge in [-0.2, -0.15) is 0 Å². The molecule has 3 rings (SSSR count). The van der Waals surface area contributed by atoms with E-state index in [2.05, 4.69) is 0 Å². The van der Waals surface area contributed by atoms with E-state index in [9.17, 15) is 20.0 Å². The van der Waals surface area contributed by atoms with Crippen LogP contribution in [-0.4, -0.2) is 33.0 Å². The van der Waals surface area contributed by atoms with Gasteiger partial charge < -0.3 is 10.0 Å². The summed E-state index contributed by atoms with van der Waals surface area (Å²) >= 11 is 0. The molecule has 2 aliphatic rings. The molecule has 0 spiro atoms. The first-order chi connectivity index (χ1) is 10.2. The van der Waals surface area contributed by atoms with Gasteiger partial charge in [-0.15, -0.1) is 0 Å². The van der Waals surface area contributed by atoms with Crippen LogP contribution in [0.3, 0.4) is 0 Å². The number of non-ortho nitro benzene ring substituents is 1. The Balaban J connectivity index is 2.15. The van der Waals surface area contributed by atoms with Crippen molar-refractivity contribution in [2.24, 2.45) is 0 Å². The minimum Gasteiger partial charge on any atom is -0.390 e. The molecule has 0 saturated carbocycles. The molecule has 1 unspecified atom stereocenters. The average Bonchev–Trinajstić information content (AvgIpc) is 2.87. The van der Waals surface area contributed by atoms with E-state index in [1.54, 1.807) is 11.0 Å². The first kappa shape index (κ1) is 15.0. The molecule has 118 valence electrons. The first-order valence-corrected chi connectivity index (χ1v) is 7.53. The van der Waals surface area contributed by atoms with Crippen LogP contribution in [0.5, 0.6) is 0 Å². The highest BCUT2D eigenvalue weighted by molar-refractivity contribution is 5.79. The lowest BCUT2D eigenvalue weighted by atomic mass is 9.84. The lowest BCUT2D eigenvalue weighted by molar-refractivity contribution is -0.385. The molecule has 0 bridgehead atoms. The Morgan fingerprint density at radius 2 is 2.09 bits per heavy atom. The van der Waals surface area contributed by atoms with Gasteiger partial charge in [0.15, 0.2) is 0 Å². The molecule has 1 N–H and O–H groups in total. The van der Waals surface area contributed by atoms with E-state index in [0.29, 0.717) is 12.0 Å². The topological polar surface area (TPSA) is 83.7 Å². The third kappa shape index (κ3) is 1.94. The molecule has 1 aromatic rings. The molecule has 3 atom stereocenters. The average molecular weight is 304 g/mol. The first-order valence-electron chi connectivity index (χ1n) is 7.53. The van der Waals surface area contributed by atoms with E-state index in [1.165, 1.54) is 12.1 Å². The van der Waals surface area contributed by atoms with Crippen LogP contribution in [0.1, 0.15) is 50.8 Å². The Labute approximate surface area is 128 Å². The lowest BCUT2D eigenvalue weighted by Crippen LogP contribution is -2.43. The number of carbonyl (C=O) groups is 1. The van der Waals surface area contributed by atoms with Crippen molar-refractivity contribution in [2.75, 3.05) is 0 Å². The molecule has 1 amide bonds. The van der Waals surface area contributed by atoms with Crippen LogP contribution in [0.15, 0.2) is 18.2 Å². The van der Waals surface area contributed by atoms with Crippen molar-refractivity contribution in [3.05, 3.63) is 39.4 Å². The molecule has 1 heterocycles. The number of aliphatic hydroxyl groups excluding tert-OH is 1. The summed E-state index contributed by atoms with van der Waals surface area (Å²) in [6.45, 7) is 5.78. The summed E-state index contributed by atoms with van der Waals surface area (Å²) in [6.07, 6.45) is 0.455. The van der Waals surface area contributed by atoms with Gasteiger partial charge in [0.2, 0.25) is 5.91 Å². The highest BCUT2D eigenvalue weighted by Crippen LogP contribution is 2.50. The number of nitrogens with zero attached hydrogens (tertiary/aromatic N) is 2. The van der Waals surface area contributed by atoms with Crippen molar-refractivity contribution in [2.45, 2.75) is 57.2 Å². The molecule has 6 nitrogen and oxygen atoms in total. The van der Waals surface area contributed by atoms with E-state index >= 15 is 0 Å². The zero-order valence-corrected chi connectivity index (χ0v) is 12.9. The Morgan fingerprint density at radius 1 is 1.41 bits per heavy atom. The van der Waals surface area contributed by atoms with Gasteiger partial charge in [0.1, 0.15) is 0 Å². The number of benzene rings is 1. The van der Waals surface area contributed by atoms with Gasteiger partial charge in [-0.05, 0) is 24.5 Å². The molecule has 0 aromatic heterocycles. The number of carbonyl (C=O) groups excluding carboxylic acids is 1. The van der Waals surface area contributed by atoms with Gasteiger partial charge in [0.25, 0.3) is 5.69 Å². The van der Waals surface area contributed by atoms with Crippen molar-refractivity contribution in [1.82, 2.24) is 4.90 Å². The van der Waals surface area contributed by atoms with Crippen LogP contribution >= 0.6 is 0 Å². The Kier molecular flexibility index (Phi) is 3.25. The quantitative estimate of drug-likeness (QED) is 0.671. The fourth-order valence-electron chi connectivity index (χ4n) is 3.80. The third-order valence-corrected chi connectivity index (χ3v) is 5.14. The molecular weight excluding hydrogens is 284 g/mol. The summed E-state index contributed by atoms with van der Waals surface area (Å²) in [5, 5.41) is 21.9. The molecule has 1 saturated heterocycles. The maximum absolute atomic E-state index is 12.2. The Hall–Kier alpha value is -1.95. The van der Waals surface area contributed by atoms with E-state index < -0.39 is 22.5 Å². The normalized spacial score (nSPS) is 29.7. The number of hydrogen-bond acceptors (Lipinski definition) is 4. The number of rotatable bonds is 2. The number of fused-ring (bicyclic) bond motifs is 1. The van der Waals surface area contributed by atoms with Crippen molar-refractivity contribution >= 4 is 11.6 Å². The number of amides is 1. The Bertz CT molecular complexity index is 656. The third-order valence-electron chi connectivity index (χ3n) is 5.14. The van der Waals surface area contributed by atoms with Crippen molar-refractivity contribution < 1.29 is 14.8 Å². The second kappa shape index (κ2) is 4.78. The molecule has 22 heavy (non-hydrogen) atoms. The predicted octanol–water partition coefficient (Wildman–Crippen LogP) is 2.30. The largest absolute Gasteiger partial charge is 0.390 e. The maximum atomic E-state index is 12.2. The molecule has 1 fully saturated rings. The standard InChI is InChI=1S/C16H20N2O4/c1-9-4-7-13(19)17(9)14-11-8-10(18(21)22)5-6-12(11)16(2,3)15(14)20/h5-6,8-9,14-15,20H,4,7H2,1-3H3/t9?,14-,15+/m1/s1. The lowest BCUT2D eigenvalue weighted by Gasteiger charge is -2.34. The van der Waals surface area contributed by atoms with E-state index in [1.807, 2.05) is 20.8 Å². The number of aliphatic hydroxyl groups is 1. The zero-order chi connectivity index (χ0) is 16.2. The molecule has 1 aliphatic carbocycles. The second-order valence-corrected chi connectivity index (χ2v) is 6.83. The minimum atomic E-state index is -0.769. The highest BCUT2D eigenvalue weighted by Gasteiger charge is 2.51.